The van der Waals surface area contributed by atoms with Crippen molar-refractivity contribution >= 4 is 23.1 Å². The Labute approximate surface area is 167 Å². The monoisotopic (exact) mass is 422 g/mol. The SMILES string of the molecule is CCc1ccc(C(=O)C2=C(C(F)(F)F)Nc3ncnn3C2c2ccnn2CC)s1. The third-order valence-electron chi connectivity index (χ3n) is 4.69. The molecule has 0 saturated carbocycles. The summed E-state index contributed by atoms with van der Waals surface area (Å²) in [6.07, 6.45) is -1.43. The molecule has 1 aliphatic heterocycles. The zero-order valence-corrected chi connectivity index (χ0v) is 16.4. The zero-order valence-electron chi connectivity index (χ0n) is 15.6. The standard InChI is InChI=1S/C18H17F3N6OS/c1-3-10-5-6-12(29-10)15(28)13-14(11-7-8-23-26(11)4-2)27-17(22-9-24-27)25-16(13)18(19,20)21/h5-9,14H,3-4H2,1-2H3,(H,22,24,25). The molecule has 0 bridgehead atoms. The maximum Gasteiger partial charge on any atom is 0.431 e. The number of aryl methyl sites for hydroxylation is 2. The van der Waals surface area contributed by atoms with Crippen LogP contribution >= 0.6 is 11.3 Å². The third kappa shape index (κ3) is 3.24. The quantitative estimate of drug-likeness (QED) is 0.633. The van der Waals surface area contributed by atoms with Gasteiger partial charge in [0.1, 0.15) is 18.1 Å². The minimum Gasteiger partial charge on any atom is -0.320 e. The molecule has 3 aromatic heterocycles. The minimum atomic E-state index is -4.78. The van der Waals surface area contributed by atoms with Crippen LogP contribution in [0.1, 0.15) is 40.1 Å². The number of anilines is 1. The van der Waals surface area contributed by atoms with Crippen molar-refractivity contribution in [1.29, 1.82) is 0 Å². The number of fused-ring (bicyclic) bond motifs is 1. The maximum atomic E-state index is 14.0. The molecule has 0 spiro atoms. The number of thiophene rings is 1. The first kappa shape index (κ1) is 19.4. The van der Waals surface area contributed by atoms with Gasteiger partial charge in [-0.05, 0) is 31.5 Å². The molecule has 7 nitrogen and oxygen atoms in total. The summed E-state index contributed by atoms with van der Waals surface area (Å²) in [6, 6.07) is 3.82. The number of ketones is 1. The number of halogens is 3. The van der Waals surface area contributed by atoms with Crippen LogP contribution in [0.3, 0.4) is 0 Å². The molecular formula is C18H17F3N6OS. The molecule has 3 aromatic rings. The lowest BCUT2D eigenvalue weighted by Gasteiger charge is -2.30. The van der Waals surface area contributed by atoms with E-state index in [0.29, 0.717) is 18.7 Å². The van der Waals surface area contributed by atoms with E-state index in [2.05, 4.69) is 20.5 Å². The summed E-state index contributed by atoms with van der Waals surface area (Å²) in [5.41, 5.74) is -1.11. The average molecular weight is 422 g/mol. The number of rotatable bonds is 5. The molecule has 4 rings (SSSR count). The van der Waals surface area contributed by atoms with Gasteiger partial charge in [-0.25, -0.2) is 4.68 Å². The number of nitrogens with zero attached hydrogens (tertiary/aromatic N) is 5. The maximum absolute atomic E-state index is 14.0. The van der Waals surface area contributed by atoms with Crippen LogP contribution in [0.4, 0.5) is 19.1 Å². The highest BCUT2D eigenvalue weighted by Gasteiger charge is 2.46. The van der Waals surface area contributed by atoms with Crippen LogP contribution in [0.15, 0.2) is 42.0 Å². The van der Waals surface area contributed by atoms with E-state index in [1.165, 1.54) is 22.2 Å². The number of hydrogen-bond donors (Lipinski definition) is 1. The predicted molar refractivity (Wildman–Crippen MR) is 101 cm³/mol. The van der Waals surface area contributed by atoms with Gasteiger partial charge in [-0.1, -0.05) is 6.92 Å². The second-order valence-electron chi connectivity index (χ2n) is 6.36. The van der Waals surface area contributed by atoms with Crippen LogP contribution < -0.4 is 5.32 Å². The lowest BCUT2D eigenvalue weighted by molar-refractivity contribution is -0.0918. The second kappa shape index (κ2) is 7.14. The Morgan fingerprint density at radius 2 is 2.03 bits per heavy atom. The molecule has 1 atom stereocenters. The first-order valence-corrected chi connectivity index (χ1v) is 9.79. The normalized spacial score (nSPS) is 16.7. The molecular weight excluding hydrogens is 405 g/mol. The van der Waals surface area contributed by atoms with Crippen molar-refractivity contribution in [2.75, 3.05) is 5.32 Å². The van der Waals surface area contributed by atoms with E-state index in [0.717, 1.165) is 11.2 Å². The van der Waals surface area contributed by atoms with E-state index < -0.39 is 29.3 Å². The summed E-state index contributed by atoms with van der Waals surface area (Å²) in [5, 5.41) is 10.5. The number of nitrogens with one attached hydrogen (secondary N) is 1. The van der Waals surface area contributed by atoms with Crippen molar-refractivity contribution in [3.8, 4) is 0 Å². The zero-order chi connectivity index (χ0) is 20.8. The van der Waals surface area contributed by atoms with Gasteiger partial charge in [0.2, 0.25) is 11.7 Å². The largest absolute Gasteiger partial charge is 0.431 e. The van der Waals surface area contributed by atoms with Crippen LogP contribution in [-0.2, 0) is 13.0 Å². The molecule has 11 heteroatoms. The molecule has 1 N–H and O–H groups in total. The van der Waals surface area contributed by atoms with Gasteiger partial charge in [0.05, 0.1) is 16.1 Å². The Kier molecular flexibility index (Phi) is 4.77. The lowest BCUT2D eigenvalue weighted by atomic mass is 9.94. The van der Waals surface area contributed by atoms with E-state index in [-0.39, 0.29) is 10.8 Å². The fourth-order valence-electron chi connectivity index (χ4n) is 3.36. The molecule has 0 aliphatic carbocycles. The number of aromatic nitrogens is 5. The summed E-state index contributed by atoms with van der Waals surface area (Å²) in [6.45, 7) is 4.17. The first-order chi connectivity index (χ1) is 13.8. The predicted octanol–water partition coefficient (Wildman–Crippen LogP) is 3.83. The minimum absolute atomic E-state index is 0.0804. The average Bonchev–Trinajstić information content (AvgIpc) is 3.44. The van der Waals surface area contributed by atoms with Gasteiger partial charge in [-0.2, -0.15) is 28.4 Å². The Balaban J connectivity index is 1.96. The molecule has 4 heterocycles. The van der Waals surface area contributed by atoms with Crippen molar-refractivity contribution in [1.82, 2.24) is 24.5 Å². The van der Waals surface area contributed by atoms with E-state index in [9.17, 15) is 18.0 Å². The molecule has 0 aromatic carbocycles. The van der Waals surface area contributed by atoms with Crippen LogP contribution in [0.5, 0.6) is 0 Å². The Morgan fingerprint density at radius 1 is 1.24 bits per heavy atom. The summed E-state index contributed by atoms with van der Waals surface area (Å²) < 4.78 is 44.8. The Morgan fingerprint density at radius 3 is 2.69 bits per heavy atom. The van der Waals surface area contributed by atoms with Gasteiger partial charge in [0.25, 0.3) is 0 Å². The van der Waals surface area contributed by atoms with Crippen molar-refractivity contribution in [2.45, 2.75) is 39.0 Å². The van der Waals surface area contributed by atoms with Crippen LogP contribution in [0.2, 0.25) is 0 Å². The number of carbonyl (C=O) groups excluding carboxylic acids is 1. The number of hydrogen-bond acceptors (Lipinski definition) is 6. The van der Waals surface area contributed by atoms with E-state index in [1.54, 1.807) is 22.9 Å². The molecule has 1 aliphatic rings. The Bertz CT molecular complexity index is 1090. The van der Waals surface area contributed by atoms with Crippen molar-refractivity contribution in [3.63, 3.8) is 0 Å². The summed E-state index contributed by atoms with van der Waals surface area (Å²) in [4.78, 5) is 18.4. The second-order valence-corrected chi connectivity index (χ2v) is 7.53. The highest BCUT2D eigenvalue weighted by molar-refractivity contribution is 7.14. The van der Waals surface area contributed by atoms with Crippen LogP contribution in [0.25, 0.3) is 0 Å². The van der Waals surface area contributed by atoms with Crippen molar-refractivity contribution in [2.24, 2.45) is 0 Å². The number of allylic oxidation sites excluding steroid dienone is 2. The van der Waals surface area contributed by atoms with Crippen LogP contribution in [0, 0.1) is 0 Å². The molecule has 152 valence electrons. The van der Waals surface area contributed by atoms with Gasteiger partial charge in [-0.3, -0.25) is 9.48 Å². The summed E-state index contributed by atoms with van der Waals surface area (Å²) in [7, 11) is 0. The van der Waals surface area contributed by atoms with Gasteiger partial charge < -0.3 is 5.32 Å². The van der Waals surface area contributed by atoms with E-state index in [1.807, 2.05) is 13.8 Å². The van der Waals surface area contributed by atoms with Crippen molar-refractivity contribution in [3.05, 3.63) is 57.4 Å². The van der Waals surface area contributed by atoms with Gasteiger partial charge in [0, 0.05) is 17.6 Å². The molecule has 0 saturated heterocycles. The molecule has 0 amide bonds. The van der Waals surface area contributed by atoms with Crippen molar-refractivity contribution < 1.29 is 18.0 Å². The fraction of sp³-hybridized carbons (Fsp3) is 0.333. The first-order valence-electron chi connectivity index (χ1n) is 8.98. The smallest absolute Gasteiger partial charge is 0.320 e. The molecule has 0 fully saturated rings. The molecule has 1 unspecified atom stereocenters. The lowest BCUT2D eigenvalue weighted by Crippen LogP contribution is -2.35. The molecule has 0 radical (unpaired) electrons. The van der Waals surface area contributed by atoms with Gasteiger partial charge >= 0.3 is 6.18 Å². The number of Topliss-reactive ketones (excluding diaryl/α,β-unsaturated/α-hetero) is 1. The van der Waals surface area contributed by atoms with E-state index in [4.69, 9.17) is 0 Å². The van der Waals surface area contributed by atoms with Gasteiger partial charge in [-0.15, -0.1) is 11.3 Å². The topological polar surface area (TPSA) is 77.6 Å². The van der Waals surface area contributed by atoms with Crippen LogP contribution in [-0.4, -0.2) is 36.5 Å². The summed E-state index contributed by atoms with van der Waals surface area (Å²) in [5.74, 6) is -0.771. The summed E-state index contributed by atoms with van der Waals surface area (Å²) >= 11 is 1.19. The van der Waals surface area contributed by atoms with E-state index >= 15 is 0 Å². The van der Waals surface area contributed by atoms with Gasteiger partial charge in [0.15, 0.2) is 0 Å². The highest BCUT2D eigenvalue weighted by Crippen LogP contribution is 2.42. The highest BCUT2D eigenvalue weighted by atomic mass is 32.1. The fourth-order valence-corrected chi connectivity index (χ4v) is 4.26. The Hall–Kier alpha value is -2.95. The third-order valence-corrected chi connectivity index (χ3v) is 5.92. The number of carbonyl (C=O) groups is 1. The number of alkyl halides is 3. The molecule has 29 heavy (non-hydrogen) atoms.